The van der Waals surface area contributed by atoms with E-state index in [0.717, 1.165) is 0 Å². The van der Waals surface area contributed by atoms with Gasteiger partial charge in [-0.15, -0.1) is 0 Å². The van der Waals surface area contributed by atoms with Crippen LogP contribution < -0.4 is 5.32 Å². The Morgan fingerprint density at radius 2 is 2.28 bits per heavy atom. The second kappa shape index (κ2) is 6.02. The number of hydrogen-bond donors (Lipinski definition) is 2. The van der Waals surface area contributed by atoms with Gasteiger partial charge in [0.2, 0.25) is 0 Å². The summed E-state index contributed by atoms with van der Waals surface area (Å²) in [5.74, 6) is -0.678. The van der Waals surface area contributed by atoms with Crippen LogP contribution in [0.2, 0.25) is 0 Å². The molecule has 1 unspecified atom stereocenters. The number of aryl methyl sites for hydroxylation is 1. The normalized spacial score (nSPS) is 12.0. The van der Waals surface area contributed by atoms with Crippen LogP contribution in [0.1, 0.15) is 21.7 Å². The van der Waals surface area contributed by atoms with E-state index in [0.29, 0.717) is 11.3 Å². The van der Waals surface area contributed by atoms with Gasteiger partial charge in [0.25, 0.3) is 12.3 Å². The van der Waals surface area contributed by atoms with Crippen LogP contribution in [0.4, 0.5) is 8.78 Å². The van der Waals surface area contributed by atoms with E-state index in [1.807, 2.05) is 6.07 Å². The number of carbonyl (C=O) groups is 1. The molecule has 1 heterocycles. The molecular weight excluding hydrogens is 244 g/mol. The highest BCUT2D eigenvalue weighted by atomic mass is 19.3. The Balaban J connectivity index is 2.68. The third kappa shape index (κ3) is 3.46. The Hall–Kier alpha value is -2.07. The molecule has 1 aromatic heterocycles. The number of amides is 1. The van der Waals surface area contributed by atoms with Gasteiger partial charge in [-0.3, -0.25) is 4.79 Å². The van der Waals surface area contributed by atoms with Gasteiger partial charge in [0.05, 0.1) is 11.3 Å². The fourth-order valence-corrected chi connectivity index (χ4v) is 1.18. The van der Waals surface area contributed by atoms with E-state index in [2.05, 4.69) is 10.3 Å². The van der Waals surface area contributed by atoms with E-state index >= 15 is 0 Å². The quantitative estimate of drug-likeness (QED) is 0.825. The molecule has 0 aromatic carbocycles. The van der Waals surface area contributed by atoms with Crippen molar-refractivity contribution in [3.8, 4) is 6.07 Å². The van der Waals surface area contributed by atoms with E-state index < -0.39 is 25.0 Å². The molecule has 0 aliphatic rings. The third-order valence-corrected chi connectivity index (χ3v) is 2.20. The number of pyridine rings is 1. The lowest BCUT2D eigenvalue weighted by molar-refractivity contribution is -0.00272. The van der Waals surface area contributed by atoms with E-state index in [1.54, 1.807) is 6.92 Å². The maximum Gasteiger partial charge on any atom is 0.269 e. The van der Waals surface area contributed by atoms with Gasteiger partial charge in [0, 0.05) is 6.54 Å². The number of aromatic nitrogens is 1. The van der Waals surface area contributed by atoms with E-state index in [9.17, 15) is 13.6 Å². The van der Waals surface area contributed by atoms with Gasteiger partial charge in [-0.1, -0.05) is 0 Å². The molecule has 0 saturated carbocycles. The molecule has 1 atom stereocenters. The lowest BCUT2D eigenvalue weighted by Crippen LogP contribution is -2.36. The highest BCUT2D eigenvalue weighted by Crippen LogP contribution is 2.05. The fraction of sp³-hybridized carbons (Fsp3) is 0.364. The average molecular weight is 255 g/mol. The van der Waals surface area contributed by atoms with E-state index in [4.69, 9.17) is 10.4 Å². The number of nitriles is 1. The van der Waals surface area contributed by atoms with E-state index in [1.165, 1.54) is 12.1 Å². The number of aliphatic hydroxyl groups is 1. The standard InChI is InChI=1S/C11H11F2N3O2/c1-6-7(4-14)2-3-8(16-6)11(18)15-5-9(17)10(12)13/h2-3,9-10,17H,5H2,1H3,(H,15,18). The Kier molecular flexibility index (Phi) is 4.68. The highest BCUT2D eigenvalue weighted by molar-refractivity contribution is 5.92. The lowest BCUT2D eigenvalue weighted by Gasteiger charge is -2.10. The Morgan fingerprint density at radius 3 is 2.78 bits per heavy atom. The molecule has 0 aliphatic heterocycles. The molecule has 0 bridgehead atoms. The number of nitrogens with one attached hydrogen (secondary N) is 1. The lowest BCUT2D eigenvalue weighted by atomic mass is 10.2. The van der Waals surface area contributed by atoms with Crippen molar-refractivity contribution in [2.75, 3.05) is 6.54 Å². The van der Waals surface area contributed by atoms with Crippen LogP contribution in [0.5, 0.6) is 0 Å². The van der Waals surface area contributed by atoms with Crippen molar-refractivity contribution in [3.05, 3.63) is 29.1 Å². The molecule has 2 N–H and O–H groups in total. The molecule has 5 nitrogen and oxygen atoms in total. The van der Waals surface area contributed by atoms with Gasteiger partial charge >= 0.3 is 0 Å². The average Bonchev–Trinajstić information content (AvgIpc) is 2.35. The number of rotatable bonds is 4. The summed E-state index contributed by atoms with van der Waals surface area (Å²) < 4.78 is 24.0. The first-order valence-electron chi connectivity index (χ1n) is 5.08. The predicted molar refractivity (Wildman–Crippen MR) is 58.0 cm³/mol. The SMILES string of the molecule is Cc1nc(C(=O)NCC(O)C(F)F)ccc1C#N. The number of halogens is 2. The molecule has 18 heavy (non-hydrogen) atoms. The molecule has 0 fully saturated rings. The van der Waals surface area contributed by atoms with Gasteiger partial charge in [-0.05, 0) is 19.1 Å². The minimum atomic E-state index is -2.92. The molecule has 0 radical (unpaired) electrons. The zero-order valence-corrected chi connectivity index (χ0v) is 9.52. The number of aliphatic hydroxyl groups excluding tert-OH is 1. The fourth-order valence-electron chi connectivity index (χ4n) is 1.18. The van der Waals surface area contributed by atoms with Crippen LogP contribution in [0.15, 0.2) is 12.1 Å². The van der Waals surface area contributed by atoms with Crippen LogP contribution in [-0.2, 0) is 0 Å². The summed E-state index contributed by atoms with van der Waals surface area (Å²) in [6, 6.07) is 4.63. The van der Waals surface area contributed by atoms with Gasteiger partial charge in [-0.2, -0.15) is 5.26 Å². The monoisotopic (exact) mass is 255 g/mol. The summed E-state index contributed by atoms with van der Waals surface area (Å²) in [5, 5.41) is 19.6. The number of hydrogen-bond acceptors (Lipinski definition) is 4. The topological polar surface area (TPSA) is 86.0 Å². The Labute approximate surface area is 102 Å². The second-order valence-electron chi connectivity index (χ2n) is 3.55. The molecule has 0 aliphatic carbocycles. The summed E-state index contributed by atoms with van der Waals surface area (Å²) in [4.78, 5) is 15.4. The minimum Gasteiger partial charge on any atom is -0.385 e. The summed E-state index contributed by atoms with van der Waals surface area (Å²) in [6.45, 7) is 1.00. The number of alkyl halides is 2. The molecule has 0 spiro atoms. The zero-order valence-electron chi connectivity index (χ0n) is 9.52. The summed E-state index contributed by atoms with van der Waals surface area (Å²) in [7, 11) is 0. The summed E-state index contributed by atoms with van der Waals surface area (Å²) in [6.07, 6.45) is -4.82. The summed E-state index contributed by atoms with van der Waals surface area (Å²) >= 11 is 0. The predicted octanol–water partition coefficient (Wildman–Crippen LogP) is 0.617. The van der Waals surface area contributed by atoms with Gasteiger partial charge < -0.3 is 10.4 Å². The minimum absolute atomic E-state index is 0.00738. The van der Waals surface area contributed by atoms with Crippen molar-refractivity contribution in [1.29, 1.82) is 5.26 Å². The molecule has 0 saturated heterocycles. The smallest absolute Gasteiger partial charge is 0.269 e. The van der Waals surface area contributed by atoms with Crippen LogP contribution in [-0.4, -0.2) is 35.1 Å². The first-order valence-corrected chi connectivity index (χ1v) is 5.08. The number of nitrogens with zero attached hydrogens (tertiary/aromatic N) is 2. The molecular formula is C11H11F2N3O2. The maximum absolute atomic E-state index is 12.0. The molecule has 1 rings (SSSR count). The number of carbonyl (C=O) groups excluding carboxylic acids is 1. The highest BCUT2D eigenvalue weighted by Gasteiger charge is 2.18. The van der Waals surface area contributed by atoms with Crippen LogP contribution in [0.25, 0.3) is 0 Å². The zero-order chi connectivity index (χ0) is 13.7. The summed E-state index contributed by atoms with van der Waals surface area (Å²) in [5.41, 5.74) is 0.715. The van der Waals surface area contributed by atoms with Crippen molar-refractivity contribution in [2.24, 2.45) is 0 Å². The molecule has 96 valence electrons. The first-order chi connectivity index (χ1) is 8.45. The van der Waals surface area contributed by atoms with Crippen LogP contribution in [0.3, 0.4) is 0 Å². The van der Waals surface area contributed by atoms with E-state index in [-0.39, 0.29) is 5.69 Å². The Bertz CT molecular complexity index is 486. The van der Waals surface area contributed by atoms with Gasteiger partial charge in [0.15, 0.2) is 0 Å². The van der Waals surface area contributed by atoms with Crippen molar-refractivity contribution in [1.82, 2.24) is 10.3 Å². The van der Waals surface area contributed by atoms with Crippen LogP contribution >= 0.6 is 0 Å². The van der Waals surface area contributed by atoms with Crippen molar-refractivity contribution in [2.45, 2.75) is 19.5 Å². The second-order valence-corrected chi connectivity index (χ2v) is 3.55. The van der Waals surface area contributed by atoms with Crippen molar-refractivity contribution in [3.63, 3.8) is 0 Å². The molecule has 1 amide bonds. The van der Waals surface area contributed by atoms with Gasteiger partial charge in [0.1, 0.15) is 17.9 Å². The molecule has 7 heteroatoms. The molecule has 1 aromatic rings. The van der Waals surface area contributed by atoms with Crippen LogP contribution in [0, 0.1) is 18.3 Å². The van der Waals surface area contributed by atoms with Gasteiger partial charge in [-0.25, -0.2) is 13.8 Å². The van der Waals surface area contributed by atoms with Crippen molar-refractivity contribution < 1.29 is 18.7 Å². The third-order valence-electron chi connectivity index (χ3n) is 2.20. The largest absolute Gasteiger partial charge is 0.385 e. The first kappa shape index (κ1) is 14.0. The Morgan fingerprint density at radius 1 is 1.61 bits per heavy atom. The van der Waals surface area contributed by atoms with Crippen molar-refractivity contribution >= 4 is 5.91 Å². The maximum atomic E-state index is 12.0.